The molecule has 1 aromatic heterocycles. The first-order valence-corrected chi connectivity index (χ1v) is 7.49. The van der Waals surface area contributed by atoms with E-state index in [-0.39, 0.29) is 5.41 Å². The second-order valence-corrected chi connectivity index (χ2v) is 7.19. The van der Waals surface area contributed by atoms with Crippen LogP contribution >= 0.6 is 11.3 Å². The molecular weight excluding hydrogens is 228 g/mol. The van der Waals surface area contributed by atoms with E-state index < -0.39 is 0 Å². The minimum Gasteiger partial charge on any atom is -0.317 e. The number of hydrogen-bond donors (Lipinski definition) is 1. The third-order valence-electron chi connectivity index (χ3n) is 3.73. The number of aromatic nitrogens is 1. The summed E-state index contributed by atoms with van der Waals surface area (Å²) in [5.74, 6) is 0.839. The summed E-state index contributed by atoms with van der Waals surface area (Å²) in [7, 11) is 2.08. The quantitative estimate of drug-likeness (QED) is 0.892. The van der Waals surface area contributed by atoms with Crippen LogP contribution in [0.15, 0.2) is 5.38 Å². The highest BCUT2D eigenvalue weighted by Crippen LogP contribution is 2.31. The molecule has 96 valence electrons. The van der Waals surface area contributed by atoms with Crippen LogP contribution in [0.25, 0.3) is 0 Å². The average Bonchev–Trinajstić information content (AvgIpc) is 2.86. The zero-order chi connectivity index (χ0) is 12.5. The van der Waals surface area contributed by atoms with E-state index in [1.165, 1.54) is 36.4 Å². The molecule has 3 heteroatoms. The van der Waals surface area contributed by atoms with Crippen molar-refractivity contribution in [1.29, 1.82) is 0 Å². The van der Waals surface area contributed by atoms with Crippen molar-refractivity contribution in [3.63, 3.8) is 0 Å². The Kier molecular flexibility index (Phi) is 3.88. The number of nitrogens with zero attached hydrogens (tertiary/aromatic N) is 1. The van der Waals surface area contributed by atoms with Gasteiger partial charge in [-0.2, -0.15) is 0 Å². The van der Waals surface area contributed by atoms with Crippen LogP contribution in [-0.2, 0) is 11.8 Å². The Balaban J connectivity index is 1.94. The predicted molar refractivity (Wildman–Crippen MR) is 74.7 cm³/mol. The summed E-state index contributed by atoms with van der Waals surface area (Å²) in [6.45, 7) is 6.70. The van der Waals surface area contributed by atoms with Crippen LogP contribution in [0.5, 0.6) is 0 Å². The number of rotatable bonds is 3. The predicted octanol–water partition coefficient (Wildman–Crippen LogP) is 3.37. The molecule has 2 rings (SSSR count). The first-order valence-electron chi connectivity index (χ1n) is 6.61. The first-order chi connectivity index (χ1) is 7.99. The van der Waals surface area contributed by atoms with Gasteiger partial charge in [0.25, 0.3) is 0 Å². The molecule has 1 aliphatic rings. The molecule has 1 N–H and O–H groups in total. The molecule has 0 amide bonds. The van der Waals surface area contributed by atoms with Crippen molar-refractivity contribution in [3.05, 3.63) is 16.1 Å². The van der Waals surface area contributed by atoms with E-state index in [4.69, 9.17) is 4.98 Å². The maximum absolute atomic E-state index is 4.79. The molecule has 2 unspecified atom stereocenters. The van der Waals surface area contributed by atoms with E-state index >= 15 is 0 Å². The second kappa shape index (κ2) is 5.07. The van der Waals surface area contributed by atoms with Crippen LogP contribution in [0.1, 0.15) is 50.7 Å². The highest BCUT2D eigenvalue weighted by atomic mass is 32.1. The standard InChI is InChI=1S/C14H24N2S/c1-14(2,3)12-9-17-13(16-12)8-10-5-6-11(7-10)15-4/h9-11,15H,5-8H2,1-4H3. The van der Waals surface area contributed by atoms with Gasteiger partial charge in [-0.1, -0.05) is 20.8 Å². The van der Waals surface area contributed by atoms with Gasteiger partial charge in [0.05, 0.1) is 10.7 Å². The first kappa shape index (κ1) is 13.0. The molecule has 0 spiro atoms. The van der Waals surface area contributed by atoms with E-state index in [9.17, 15) is 0 Å². The molecule has 1 fully saturated rings. The molecule has 1 saturated carbocycles. The largest absolute Gasteiger partial charge is 0.317 e. The molecule has 2 nitrogen and oxygen atoms in total. The Morgan fingerprint density at radius 3 is 2.71 bits per heavy atom. The van der Waals surface area contributed by atoms with Crippen molar-refractivity contribution in [2.45, 2.75) is 57.9 Å². The van der Waals surface area contributed by atoms with Crippen LogP contribution in [0.3, 0.4) is 0 Å². The van der Waals surface area contributed by atoms with Crippen molar-refractivity contribution in [2.75, 3.05) is 7.05 Å². The second-order valence-electron chi connectivity index (χ2n) is 6.25. The summed E-state index contributed by atoms with van der Waals surface area (Å²) in [5.41, 5.74) is 1.44. The minimum atomic E-state index is 0.192. The molecule has 0 bridgehead atoms. The minimum absolute atomic E-state index is 0.192. The Labute approximate surface area is 109 Å². The fourth-order valence-corrected chi connectivity index (χ4v) is 3.66. The van der Waals surface area contributed by atoms with Crippen LogP contribution in [0, 0.1) is 5.92 Å². The van der Waals surface area contributed by atoms with Gasteiger partial charge in [0, 0.05) is 23.3 Å². The summed E-state index contributed by atoms with van der Waals surface area (Å²) in [6.07, 6.45) is 5.19. The summed E-state index contributed by atoms with van der Waals surface area (Å²) >= 11 is 1.84. The Hall–Kier alpha value is -0.410. The summed E-state index contributed by atoms with van der Waals surface area (Å²) in [5, 5.41) is 6.96. The van der Waals surface area contributed by atoms with Crippen LogP contribution in [-0.4, -0.2) is 18.1 Å². The van der Waals surface area contributed by atoms with Crippen molar-refractivity contribution >= 4 is 11.3 Å². The van der Waals surface area contributed by atoms with Crippen LogP contribution in [0.4, 0.5) is 0 Å². The molecule has 1 heterocycles. The van der Waals surface area contributed by atoms with Crippen molar-refractivity contribution in [1.82, 2.24) is 10.3 Å². The van der Waals surface area contributed by atoms with Crippen molar-refractivity contribution in [2.24, 2.45) is 5.92 Å². The molecule has 0 aliphatic heterocycles. The van der Waals surface area contributed by atoms with Gasteiger partial charge in [0.15, 0.2) is 0 Å². The van der Waals surface area contributed by atoms with E-state index in [2.05, 4.69) is 38.5 Å². The molecule has 0 aromatic carbocycles. The molecular formula is C14H24N2S. The Bertz CT molecular complexity index is 365. The molecule has 0 saturated heterocycles. The highest BCUT2D eigenvalue weighted by Gasteiger charge is 2.25. The van der Waals surface area contributed by atoms with Crippen LogP contribution in [0.2, 0.25) is 0 Å². The van der Waals surface area contributed by atoms with E-state index in [1.807, 2.05) is 11.3 Å². The topological polar surface area (TPSA) is 24.9 Å². The molecule has 17 heavy (non-hydrogen) atoms. The van der Waals surface area contributed by atoms with Gasteiger partial charge >= 0.3 is 0 Å². The molecule has 2 atom stereocenters. The van der Waals surface area contributed by atoms with Gasteiger partial charge < -0.3 is 5.32 Å². The molecule has 1 aliphatic carbocycles. The van der Waals surface area contributed by atoms with Gasteiger partial charge in [-0.25, -0.2) is 4.98 Å². The monoisotopic (exact) mass is 252 g/mol. The SMILES string of the molecule is CNC1CCC(Cc2nc(C(C)(C)C)cs2)C1. The van der Waals surface area contributed by atoms with Gasteiger partial charge in [-0.3, -0.25) is 0 Å². The Morgan fingerprint density at radius 2 is 2.18 bits per heavy atom. The van der Waals surface area contributed by atoms with Crippen LogP contribution < -0.4 is 5.32 Å². The number of hydrogen-bond acceptors (Lipinski definition) is 3. The lowest BCUT2D eigenvalue weighted by atomic mass is 9.93. The fourth-order valence-electron chi connectivity index (χ4n) is 2.52. The number of thiazole rings is 1. The maximum atomic E-state index is 4.79. The lowest BCUT2D eigenvalue weighted by Crippen LogP contribution is -2.21. The van der Waals surface area contributed by atoms with Gasteiger partial charge in [0.2, 0.25) is 0 Å². The summed E-state index contributed by atoms with van der Waals surface area (Å²) < 4.78 is 0. The summed E-state index contributed by atoms with van der Waals surface area (Å²) in [4.78, 5) is 4.79. The van der Waals surface area contributed by atoms with Crippen molar-refractivity contribution < 1.29 is 0 Å². The molecule has 0 radical (unpaired) electrons. The Morgan fingerprint density at radius 1 is 1.41 bits per heavy atom. The zero-order valence-electron chi connectivity index (χ0n) is 11.4. The van der Waals surface area contributed by atoms with E-state index in [1.54, 1.807) is 0 Å². The lowest BCUT2D eigenvalue weighted by Gasteiger charge is -2.14. The highest BCUT2D eigenvalue weighted by molar-refractivity contribution is 7.09. The zero-order valence-corrected chi connectivity index (χ0v) is 12.2. The lowest BCUT2D eigenvalue weighted by molar-refractivity contribution is 0.505. The van der Waals surface area contributed by atoms with Gasteiger partial charge in [-0.05, 0) is 32.2 Å². The third kappa shape index (κ3) is 3.29. The summed E-state index contributed by atoms with van der Waals surface area (Å²) in [6, 6.07) is 0.738. The smallest absolute Gasteiger partial charge is 0.0931 e. The van der Waals surface area contributed by atoms with E-state index in [0.717, 1.165) is 12.0 Å². The maximum Gasteiger partial charge on any atom is 0.0931 e. The van der Waals surface area contributed by atoms with E-state index in [0.29, 0.717) is 0 Å². The molecule has 1 aromatic rings. The van der Waals surface area contributed by atoms with Gasteiger partial charge in [-0.15, -0.1) is 11.3 Å². The average molecular weight is 252 g/mol. The number of nitrogens with one attached hydrogen (secondary N) is 1. The fraction of sp³-hybridized carbons (Fsp3) is 0.786. The third-order valence-corrected chi connectivity index (χ3v) is 4.60. The van der Waals surface area contributed by atoms with Gasteiger partial charge in [0.1, 0.15) is 0 Å². The van der Waals surface area contributed by atoms with Crippen molar-refractivity contribution in [3.8, 4) is 0 Å². The normalized spacial score (nSPS) is 25.4.